The first-order chi connectivity index (χ1) is 15.6. The lowest BCUT2D eigenvalue weighted by atomic mass is 10.1. The van der Waals surface area contributed by atoms with E-state index in [1.807, 2.05) is 25.1 Å². The van der Waals surface area contributed by atoms with Gasteiger partial charge in [0, 0.05) is 31.6 Å². The Kier molecular flexibility index (Phi) is 9.73. The summed E-state index contributed by atoms with van der Waals surface area (Å²) in [6.45, 7) is 4.08. The van der Waals surface area contributed by atoms with E-state index in [0.717, 1.165) is 23.8 Å². The van der Waals surface area contributed by atoms with E-state index in [1.54, 1.807) is 37.3 Å². The predicted molar refractivity (Wildman–Crippen MR) is 133 cm³/mol. The molecular formula is C24H32ClN3O4S. The zero-order valence-corrected chi connectivity index (χ0v) is 21.1. The summed E-state index contributed by atoms with van der Waals surface area (Å²) in [6.07, 6.45) is 2.43. The van der Waals surface area contributed by atoms with E-state index in [1.165, 1.54) is 16.3 Å². The number of likely N-dealkylation sites (N-methyl/N-ethyl adjacent to an activating group) is 1. The zero-order valence-electron chi connectivity index (χ0n) is 19.5. The Morgan fingerprint density at radius 3 is 2.30 bits per heavy atom. The monoisotopic (exact) mass is 493 g/mol. The van der Waals surface area contributed by atoms with Crippen molar-refractivity contribution in [1.29, 1.82) is 0 Å². The van der Waals surface area contributed by atoms with E-state index < -0.39 is 16.1 Å². The van der Waals surface area contributed by atoms with Crippen molar-refractivity contribution in [2.45, 2.75) is 45.7 Å². The third-order valence-corrected chi connectivity index (χ3v) is 6.87. The molecule has 0 radical (unpaired) electrons. The van der Waals surface area contributed by atoms with Crippen molar-refractivity contribution in [2.24, 2.45) is 0 Å². The maximum Gasteiger partial charge on any atom is 0.242 e. The number of benzene rings is 2. The Morgan fingerprint density at radius 1 is 1.09 bits per heavy atom. The number of rotatable bonds is 11. The molecule has 0 aromatic heterocycles. The molecule has 7 nitrogen and oxygen atoms in total. The first kappa shape index (κ1) is 26.7. The third kappa shape index (κ3) is 7.75. The van der Waals surface area contributed by atoms with E-state index in [0.29, 0.717) is 17.1 Å². The van der Waals surface area contributed by atoms with E-state index in [2.05, 4.69) is 5.32 Å². The van der Waals surface area contributed by atoms with Crippen LogP contribution in [0.4, 0.5) is 5.69 Å². The van der Waals surface area contributed by atoms with Gasteiger partial charge < -0.3 is 10.2 Å². The Labute approximate surface area is 201 Å². The Bertz CT molecular complexity index is 1060. The summed E-state index contributed by atoms with van der Waals surface area (Å²) in [4.78, 5) is 26.8. The number of aryl methyl sites for hydroxylation is 1. The number of halogens is 1. The SMILES string of the molecule is CCc1ccc(N(CCCC(=O)N(Cc2cccc(Cl)c2)[C@H](C)C(=O)NC)S(C)(=O)=O)cc1. The van der Waals surface area contributed by atoms with Crippen molar-refractivity contribution < 1.29 is 18.0 Å². The number of hydrogen-bond donors (Lipinski definition) is 1. The van der Waals surface area contributed by atoms with Gasteiger partial charge in [-0.05, 0) is 55.2 Å². The number of amides is 2. The molecule has 180 valence electrons. The second-order valence-electron chi connectivity index (χ2n) is 7.90. The minimum absolute atomic E-state index is 0.0982. The third-order valence-electron chi connectivity index (χ3n) is 5.44. The van der Waals surface area contributed by atoms with Crippen LogP contribution in [0.5, 0.6) is 0 Å². The highest BCUT2D eigenvalue weighted by molar-refractivity contribution is 7.92. The van der Waals surface area contributed by atoms with Crippen LogP contribution in [0.1, 0.15) is 37.8 Å². The maximum atomic E-state index is 13.1. The molecule has 0 aliphatic carbocycles. The summed E-state index contributed by atoms with van der Waals surface area (Å²) in [5, 5.41) is 3.12. The molecule has 0 saturated heterocycles. The maximum absolute atomic E-state index is 13.1. The molecule has 2 aromatic carbocycles. The largest absolute Gasteiger partial charge is 0.357 e. The molecule has 0 unspecified atom stereocenters. The van der Waals surface area contributed by atoms with Crippen LogP contribution in [-0.2, 0) is 32.6 Å². The molecule has 0 heterocycles. The van der Waals surface area contributed by atoms with Crippen molar-refractivity contribution >= 4 is 39.1 Å². The van der Waals surface area contributed by atoms with Crippen LogP contribution in [0.3, 0.4) is 0 Å². The van der Waals surface area contributed by atoms with Crippen LogP contribution in [0.2, 0.25) is 5.02 Å². The molecule has 2 rings (SSSR count). The van der Waals surface area contributed by atoms with Crippen molar-refractivity contribution in [3.63, 3.8) is 0 Å². The quantitative estimate of drug-likeness (QED) is 0.518. The van der Waals surface area contributed by atoms with Gasteiger partial charge in [-0.25, -0.2) is 8.42 Å². The van der Waals surface area contributed by atoms with Gasteiger partial charge in [0.25, 0.3) is 0 Å². The molecule has 2 amide bonds. The topological polar surface area (TPSA) is 86.8 Å². The molecule has 1 atom stereocenters. The standard InChI is InChI=1S/C24H32ClN3O4S/c1-5-19-11-13-22(14-12-19)28(33(4,31)32)15-7-10-23(29)27(18(2)24(30)26-3)17-20-8-6-9-21(25)16-20/h6,8-9,11-14,16,18H,5,7,10,15,17H2,1-4H3,(H,26,30)/t18-/m1/s1. The molecule has 0 bridgehead atoms. The van der Waals surface area contributed by atoms with E-state index >= 15 is 0 Å². The van der Waals surface area contributed by atoms with Crippen molar-refractivity contribution in [1.82, 2.24) is 10.2 Å². The lowest BCUT2D eigenvalue weighted by Gasteiger charge is -2.29. The lowest BCUT2D eigenvalue weighted by Crippen LogP contribution is -2.46. The second kappa shape index (κ2) is 12.0. The highest BCUT2D eigenvalue weighted by Gasteiger charge is 2.26. The van der Waals surface area contributed by atoms with Crippen LogP contribution in [0, 0.1) is 0 Å². The fourth-order valence-corrected chi connectivity index (χ4v) is 4.70. The fourth-order valence-electron chi connectivity index (χ4n) is 3.53. The number of nitrogens with zero attached hydrogens (tertiary/aromatic N) is 2. The molecule has 0 saturated carbocycles. The molecule has 9 heteroatoms. The summed E-state index contributed by atoms with van der Waals surface area (Å²) in [5.74, 6) is -0.514. The van der Waals surface area contributed by atoms with Gasteiger partial charge in [0.15, 0.2) is 0 Å². The molecule has 0 spiro atoms. The Balaban J connectivity index is 2.13. The summed E-state index contributed by atoms with van der Waals surface area (Å²) >= 11 is 6.07. The number of anilines is 1. The molecule has 0 fully saturated rings. The number of carbonyl (C=O) groups is 2. The van der Waals surface area contributed by atoms with E-state index in [4.69, 9.17) is 11.6 Å². The second-order valence-corrected chi connectivity index (χ2v) is 10.2. The summed E-state index contributed by atoms with van der Waals surface area (Å²) in [6, 6.07) is 13.8. The van der Waals surface area contributed by atoms with Gasteiger partial charge >= 0.3 is 0 Å². The van der Waals surface area contributed by atoms with Gasteiger partial charge in [0.2, 0.25) is 21.8 Å². The van der Waals surface area contributed by atoms with Gasteiger partial charge in [-0.3, -0.25) is 13.9 Å². The highest BCUT2D eigenvalue weighted by Crippen LogP contribution is 2.20. The van der Waals surface area contributed by atoms with Crippen molar-refractivity contribution in [3.8, 4) is 0 Å². The van der Waals surface area contributed by atoms with E-state index in [9.17, 15) is 18.0 Å². The van der Waals surface area contributed by atoms with Gasteiger partial charge in [0.05, 0.1) is 11.9 Å². The smallest absolute Gasteiger partial charge is 0.242 e. The summed E-state index contributed by atoms with van der Waals surface area (Å²) in [7, 11) is -1.99. The predicted octanol–water partition coefficient (Wildman–Crippen LogP) is 3.61. The molecule has 0 aliphatic rings. The van der Waals surface area contributed by atoms with Gasteiger partial charge in [-0.15, -0.1) is 0 Å². The number of carbonyl (C=O) groups excluding carboxylic acids is 2. The molecule has 1 N–H and O–H groups in total. The molecule has 33 heavy (non-hydrogen) atoms. The number of hydrogen-bond acceptors (Lipinski definition) is 4. The lowest BCUT2D eigenvalue weighted by molar-refractivity contribution is -0.140. The summed E-state index contributed by atoms with van der Waals surface area (Å²) < 4.78 is 26.0. The van der Waals surface area contributed by atoms with Crippen LogP contribution in [-0.4, -0.2) is 51.0 Å². The molecular weight excluding hydrogens is 462 g/mol. The van der Waals surface area contributed by atoms with Crippen molar-refractivity contribution in [2.75, 3.05) is 24.2 Å². The Morgan fingerprint density at radius 2 is 1.76 bits per heavy atom. The Hall–Kier alpha value is -2.58. The minimum atomic E-state index is -3.51. The molecule has 2 aromatic rings. The van der Waals surface area contributed by atoms with Crippen LogP contribution >= 0.6 is 11.6 Å². The number of sulfonamides is 1. The van der Waals surface area contributed by atoms with Gasteiger partial charge in [0.1, 0.15) is 6.04 Å². The average molecular weight is 494 g/mol. The fraction of sp³-hybridized carbons (Fsp3) is 0.417. The van der Waals surface area contributed by atoms with Gasteiger partial charge in [-0.2, -0.15) is 0 Å². The van der Waals surface area contributed by atoms with Crippen LogP contribution in [0.15, 0.2) is 48.5 Å². The van der Waals surface area contributed by atoms with E-state index in [-0.39, 0.29) is 31.3 Å². The van der Waals surface area contributed by atoms with Gasteiger partial charge in [-0.1, -0.05) is 42.8 Å². The van der Waals surface area contributed by atoms with Crippen LogP contribution in [0.25, 0.3) is 0 Å². The minimum Gasteiger partial charge on any atom is -0.357 e. The first-order valence-electron chi connectivity index (χ1n) is 10.9. The van der Waals surface area contributed by atoms with Crippen molar-refractivity contribution in [3.05, 3.63) is 64.7 Å². The normalized spacial score (nSPS) is 12.2. The highest BCUT2D eigenvalue weighted by atomic mass is 35.5. The molecule has 0 aliphatic heterocycles. The average Bonchev–Trinajstić information content (AvgIpc) is 2.78. The van der Waals surface area contributed by atoms with Crippen LogP contribution < -0.4 is 9.62 Å². The number of nitrogens with one attached hydrogen (secondary N) is 1. The zero-order chi connectivity index (χ0) is 24.6. The summed E-state index contributed by atoms with van der Waals surface area (Å²) in [5.41, 5.74) is 2.49. The first-order valence-corrected chi connectivity index (χ1v) is 13.1.